The van der Waals surface area contributed by atoms with Crippen molar-refractivity contribution in [2.24, 2.45) is 0 Å². The molecule has 0 aromatic rings. The molecular weight excluding hydrogens is 268 g/mol. The van der Waals surface area contributed by atoms with Crippen LogP contribution in [0.2, 0.25) is 0 Å². The lowest BCUT2D eigenvalue weighted by Gasteiger charge is -2.21. The van der Waals surface area contributed by atoms with Gasteiger partial charge in [0.05, 0.1) is 5.75 Å². The van der Waals surface area contributed by atoms with Crippen LogP contribution in [0, 0.1) is 0 Å². The first-order chi connectivity index (χ1) is 8.72. The van der Waals surface area contributed by atoms with E-state index in [0.29, 0.717) is 0 Å². The molecule has 6 heteroatoms. The molecule has 0 unspecified atom stereocenters. The van der Waals surface area contributed by atoms with Gasteiger partial charge in [-0.2, -0.15) is 11.8 Å². The maximum absolute atomic E-state index is 10.4. The van der Waals surface area contributed by atoms with Gasteiger partial charge in [0.15, 0.2) is 0 Å². The Morgan fingerprint density at radius 1 is 1.11 bits per heavy atom. The fourth-order valence-electron chi connectivity index (χ4n) is 2.05. The fourth-order valence-corrected chi connectivity index (χ4v) is 3.19. The lowest BCUT2D eigenvalue weighted by Crippen LogP contribution is -2.33. The summed E-state index contributed by atoms with van der Waals surface area (Å²) < 4.78 is 0. The van der Waals surface area contributed by atoms with Crippen molar-refractivity contribution in [2.75, 3.05) is 62.8 Å². The lowest BCUT2D eigenvalue weighted by atomic mass is 10.4. The third kappa shape index (κ3) is 7.51. The predicted molar refractivity (Wildman–Crippen MR) is 80.8 cm³/mol. The zero-order chi connectivity index (χ0) is 13.2. The molecule has 1 rings (SSSR count). The maximum Gasteiger partial charge on any atom is 0.313 e. The Morgan fingerprint density at radius 2 is 1.72 bits per heavy atom. The highest BCUT2D eigenvalue weighted by Gasteiger charge is 2.13. The van der Waals surface area contributed by atoms with Crippen molar-refractivity contribution in [3.8, 4) is 0 Å². The van der Waals surface area contributed by atoms with Crippen molar-refractivity contribution in [3.05, 3.63) is 0 Å². The van der Waals surface area contributed by atoms with Crippen molar-refractivity contribution in [1.29, 1.82) is 0 Å². The smallest absolute Gasteiger partial charge is 0.313 e. The Bertz CT molecular complexity index is 242. The second kappa shape index (κ2) is 9.95. The highest BCUT2D eigenvalue weighted by molar-refractivity contribution is 7.99. The summed E-state index contributed by atoms with van der Waals surface area (Å²) in [5.41, 5.74) is 0. The molecule has 0 bridgehead atoms. The number of carboxylic acids is 1. The van der Waals surface area contributed by atoms with Gasteiger partial charge in [-0.05, 0) is 25.8 Å². The Hall–Kier alpha value is 0.0900. The molecule has 4 nitrogen and oxygen atoms in total. The molecule has 1 fully saturated rings. The van der Waals surface area contributed by atoms with Crippen LogP contribution in [0.15, 0.2) is 0 Å². The molecule has 1 aliphatic rings. The van der Waals surface area contributed by atoms with Gasteiger partial charge >= 0.3 is 5.97 Å². The molecule has 0 radical (unpaired) electrons. The number of rotatable bonds is 8. The Balaban J connectivity index is 2.11. The molecule has 18 heavy (non-hydrogen) atoms. The summed E-state index contributed by atoms with van der Waals surface area (Å²) in [7, 11) is 0. The van der Waals surface area contributed by atoms with Gasteiger partial charge in [-0.15, -0.1) is 11.8 Å². The summed E-state index contributed by atoms with van der Waals surface area (Å²) >= 11 is 3.43. The van der Waals surface area contributed by atoms with Crippen LogP contribution in [0.4, 0.5) is 0 Å². The lowest BCUT2D eigenvalue weighted by molar-refractivity contribution is -0.133. The van der Waals surface area contributed by atoms with Crippen molar-refractivity contribution in [2.45, 2.75) is 6.42 Å². The van der Waals surface area contributed by atoms with Crippen LogP contribution < -0.4 is 0 Å². The number of carbonyl (C=O) groups is 1. The summed E-state index contributed by atoms with van der Waals surface area (Å²) in [5.74, 6) is 1.67. The van der Waals surface area contributed by atoms with Crippen molar-refractivity contribution in [1.82, 2.24) is 9.80 Å². The summed E-state index contributed by atoms with van der Waals surface area (Å²) in [6.07, 6.45) is 3.39. The van der Waals surface area contributed by atoms with Crippen molar-refractivity contribution in [3.63, 3.8) is 0 Å². The van der Waals surface area contributed by atoms with Crippen LogP contribution in [0.3, 0.4) is 0 Å². The SMILES string of the molecule is CSCCN1CCCN(CCSCC(=O)O)CC1. The minimum Gasteiger partial charge on any atom is -0.481 e. The first kappa shape index (κ1) is 16.1. The van der Waals surface area contributed by atoms with Crippen LogP contribution in [0.25, 0.3) is 0 Å². The van der Waals surface area contributed by atoms with Crippen molar-refractivity contribution < 1.29 is 9.90 Å². The molecule has 0 aromatic carbocycles. The number of hydrogen-bond donors (Lipinski definition) is 1. The summed E-state index contributed by atoms with van der Waals surface area (Å²) in [4.78, 5) is 15.4. The molecular formula is C12H24N2O2S2. The quantitative estimate of drug-likeness (QED) is 0.678. The van der Waals surface area contributed by atoms with Crippen LogP contribution >= 0.6 is 23.5 Å². The maximum atomic E-state index is 10.4. The molecule has 1 aliphatic heterocycles. The molecule has 0 amide bonds. The largest absolute Gasteiger partial charge is 0.481 e. The van der Waals surface area contributed by atoms with Gasteiger partial charge in [-0.25, -0.2) is 0 Å². The van der Waals surface area contributed by atoms with E-state index in [1.807, 2.05) is 11.8 Å². The number of aliphatic carboxylic acids is 1. The second-order valence-electron chi connectivity index (χ2n) is 4.48. The van der Waals surface area contributed by atoms with E-state index in [2.05, 4.69) is 16.1 Å². The van der Waals surface area contributed by atoms with E-state index in [4.69, 9.17) is 5.11 Å². The summed E-state index contributed by atoms with van der Waals surface area (Å²) in [6.45, 7) is 6.87. The van der Waals surface area contributed by atoms with Gasteiger partial charge in [0.2, 0.25) is 0 Å². The van der Waals surface area contributed by atoms with E-state index in [-0.39, 0.29) is 5.75 Å². The van der Waals surface area contributed by atoms with Crippen LogP contribution in [-0.2, 0) is 4.79 Å². The number of carboxylic acid groups (broad SMARTS) is 1. The molecule has 1 saturated heterocycles. The normalized spacial score (nSPS) is 18.7. The van der Waals surface area contributed by atoms with Crippen LogP contribution in [-0.4, -0.2) is 83.7 Å². The zero-order valence-corrected chi connectivity index (χ0v) is 12.8. The zero-order valence-electron chi connectivity index (χ0n) is 11.1. The second-order valence-corrected chi connectivity index (χ2v) is 6.57. The van der Waals surface area contributed by atoms with Crippen LogP contribution in [0.5, 0.6) is 0 Å². The molecule has 1 N–H and O–H groups in total. The highest BCUT2D eigenvalue weighted by atomic mass is 32.2. The van der Waals surface area contributed by atoms with Gasteiger partial charge in [0.25, 0.3) is 0 Å². The van der Waals surface area contributed by atoms with Gasteiger partial charge in [0.1, 0.15) is 0 Å². The van der Waals surface area contributed by atoms with E-state index < -0.39 is 5.97 Å². The average molecular weight is 292 g/mol. The molecule has 0 saturated carbocycles. The highest BCUT2D eigenvalue weighted by Crippen LogP contribution is 2.06. The Morgan fingerprint density at radius 3 is 2.28 bits per heavy atom. The fraction of sp³-hybridized carbons (Fsp3) is 0.917. The Labute approximate surface area is 118 Å². The van der Waals surface area contributed by atoms with E-state index >= 15 is 0 Å². The van der Waals surface area contributed by atoms with Gasteiger partial charge in [-0.3, -0.25) is 4.79 Å². The number of thioether (sulfide) groups is 2. The molecule has 106 valence electrons. The first-order valence-corrected chi connectivity index (χ1v) is 9.00. The third-order valence-corrected chi connectivity index (χ3v) is 4.58. The van der Waals surface area contributed by atoms with Gasteiger partial charge in [-0.1, -0.05) is 0 Å². The minimum atomic E-state index is -0.709. The standard InChI is InChI=1S/C12H24N2O2S2/c1-17-9-7-13-3-2-4-14(6-5-13)8-10-18-11-12(15)16/h2-11H2,1H3,(H,15,16). The molecule has 0 spiro atoms. The average Bonchev–Trinajstić information content (AvgIpc) is 2.57. The monoisotopic (exact) mass is 292 g/mol. The minimum absolute atomic E-state index is 0.230. The van der Waals surface area contributed by atoms with Gasteiger partial charge in [0, 0.05) is 37.7 Å². The van der Waals surface area contributed by atoms with E-state index in [0.717, 1.165) is 31.9 Å². The van der Waals surface area contributed by atoms with Crippen molar-refractivity contribution >= 4 is 29.5 Å². The molecule has 1 heterocycles. The number of hydrogen-bond acceptors (Lipinski definition) is 5. The predicted octanol–water partition coefficient (Wildman–Crippen LogP) is 1.17. The Kier molecular flexibility index (Phi) is 8.92. The molecule has 0 aliphatic carbocycles. The number of nitrogens with zero attached hydrogens (tertiary/aromatic N) is 2. The summed E-state index contributed by atoms with van der Waals surface area (Å²) in [6, 6.07) is 0. The van der Waals surface area contributed by atoms with Crippen LogP contribution in [0.1, 0.15) is 6.42 Å². The first-order valence-electron chi connectivity index (χ1n) is 6.45. The molecule has 0 aromatic heterocycles. The van der Waals surface area contributed by atoms with E-state index in [1.54, 1.807) is 0 Å². The van der Waals surface area contributed by atoms with Gasteiger partial charge < -0.3 is 14.9 Å². The van der Waals surface area contributed by atoms with E-state index in [1.165, 1.54) is 37.0 Å². The summed E-state index contributed by atoms with van der Waals surface area (Å²) in [5, 5.41) is 8.57. The van der Waals surface area contributed by atoms with E-state index in [9.17, 15) is 4.79 Å². The molecule has 0 atom stereocenters. The topological polar surface area (TPSA) is 43.8 Å². The third-order valence-electron chi connectivity index (χ3n) is 3.07.